The molecule has 0 aromatic heterocycles. The standard InChI is InChI=1S/C16H24/c1-3-5-7-13-10-11-15-9-6-8-14(4-2)16(15)12-13/h10-12,14H,3-9H2,1-2H3. The van der Waals surface area contributed by atoms with Gasteiger partial charge in [-0.1, -0.05) is 38.5 Å². The summed E-state index contributed by atoms with van der Waals surface area (Å²) in [6.45, 7) is 4.60. The molecule has 0 heteroatoms. The monoisotopic (exact) mass is 216 g/mol. The summed E-state index contributed by atoms with van der Waals surface area (Å²) < 4.78 is 0. The van der Waals surface area contributed by atoms with Gasteiger partial charge in [0, 0.05) is 0 Å². The summed E-state index contributed by atoms with van der Waals surface area (Å²) in [5, 5.41) is 0. The molecule has 0 saturated carbocycles. The summed E-state index contributed by atoms with van der Waals surface area (Å²) in [4.78, 5) is 0. The van der Waals surface area contributed by atoms with E-state index in [1.54, 1.807) is 16.7 Å². The highest BCUT2D eigenvalue weighted by molar-refractivity contribution is 5.36. The lowest BCUT2D eigenvalue weighted by molar-refractivity contribution is 0.539. The Morgan fingerprint density at radius 2 is 2.12 bits per heavy atom. The van der Waals surface area contributed by atoms with E-state index in [2.05, 4.69) is 32.0 Å². The number of hydrogen-bond acceptors (Lipinski definition) is 0. The summed E-state index contributed by atoms with van der Waals surface area (Å²) in [5.41, 5.74) is 4.85. The van der Waals surface area contributed by atoms with Crippen LogP contribution >= 0.6 is 0 Å². The maximum atomic E-state index is 2.50. The van der Waals surface area contributed by atoms with Crippen LogP contribution in [-0.4, -0.2) is 0 Å². The summed E-state index contributed by atoms with van der Waals surface area (Å²) in [6, 6.07) is 7.24. The molecule has 0 nitrogen and oxygen atoms in total. The molecular formula is C16H24. The lowest BCUT2D eigenvalue weighted by Crippen LogP contribution is -2.09. The summed E-state index contributed by atoms with van der Waals surface area (Å²) >= 11 is 0. The number of rotatable bonds is 4. The minimum atomic E-state index is 0.838. The minimum Gasteiger partial charge on any atom is -0.0654 e. The third-order valence-electron chi connectivity index (χ3n) is 3.96. The van der Waals surface area contributed by atoms with E-state index in [1.165, 1.54) is 44.9 Å². The highest BCUT2D eigenvalue weighted by Gasteiger charge is 2.18. The van der Waals surface area contributed by atoms with Gasteiger partial charge in [-0.3, -0.25) is 0 Å². The van der Waals surface area contributed by atoms with Crippen LogP contribution in [0.4, 0.5) is 0 Å². The van der Waals surface area contributed by atoms with Crippen LogP contribution in [0, 0.1) is 0 Å². The quantitative estimate of drug-likeness (QED) is 0.674. The minimum absolute atomic E-state index is 0.838. The van der Waals surface area contributed by atoms with Crippen molar-refractivity contribution in [1.82, 2.24) is 0 Å². The normalized spacial score (nSPS) is 19.5. The van der Waals surface area contributed by atoms with Gasteiger partial charge in [0.05, 0.1) is 0 Å². The first-order chi connectivity index (χ1) is 7.85. The topological polar surface area (TPSA) is 0 Å². The fourth-order valence-electron chi connectivity index (χ4n) is 2.91. The molecule has 0 heterocycles. The molecule has 2 rings (SSSR count). The summed E-state index contributed by atoms with van der Waals surface area (Å²) in [6.07, 6.45) is 9.30. The largest absolute Gasteiger partial charge is 0.0654 e. The molecule has 16 heavy (non-hydrogen) atoms. The van der Waals surface area contributed by atoms with Crippen molar-refractivity contribution in [1.29, 1.82) is 0 Å². The van der Waals surface area contributed by atoms with Gasteiger partial charge in [0.25, 0.3) is 0 Å². The zero-order chi connectivity index (χ0) is 11.4. The van der Waals surface area contributed by atoms with Gasteiger partial charge in [-0.05, 0) is 61.1 Å². The molecule has 1 unspecified atom stereocenters. The van der Waals surface area contributed by atoms with Crippen LogP contribution in [0.5, 0.6) is 0 Å². The first-order valence-corrected chi connectivity index (χ1v) is 6.96. The van der Waals surface area contributed by atoms with E-state index < -0.39 is 0 Å². The van der Waals surface area contributed by atoms with Gasteiger partial charge in [0.2, 0.25) is 0 Å². The van der Waals surface area contributed by atoms with E-state index in [9.17, 15) is 0 Å². The lowest BCUT2D eigenvalue weighted by Gasteiger charge is -2.25. The average Bonchev–Trinajstić information content (AvgIpc) is 2.35. The highest BCUT2D eigenvalue weighted by atomic mass is 14.2. The Kier molecular flexibility index (Phi) is 4.04. The first-order valence-electron chi connectivity index (χ1n) is 6.96. The summed E-state index contributed by atoms with van der Waals surface area (Å²) in [7, 11) is 0. The molecule has 0 bridgehead atoms. The Hall–Kier alpha value is -0.780. The van der Waals surface area contributed by atoms with Crippen molar-refractivity contribution in [2.45, 2.75) is 64.7 Å². The number of benzene rings is 1. The molecule has 0 aliphatic heterocycles. The highest BCUT2D eigenvalue weighted by Crippen LogP contribution is 2.34. The van der Waals surface area contributed by atoms with Crippen molar-refractivity contribution in [3.63, 3.8) is 0 Å². The average molecular weight is 216 g/mol. The van der Waals surface area contributed by atoms with Crippen LogP contribution in [0.2, 0.25) is 0 Å². The van der Waals surface area contributed by atoms with Crippen molar-refractivity contribution < 1.29 is 0 Å². The molecule has 0 radical (unpaired) electrons. The molecule has 0 fully saturated rings. The van der Waals surface area contributed by atoms with E-state index in [0.29, 0.717) is 0 Å². The zero-order valence-electron chi connectivity index (χ0n) is 10.8. The molecular weight excluding hydrogens is 192 g/mol. The summed E-state index contributed by atoms with van der Waals surface area (Å²) in [5.74, 6) is 0.838. The van der Waals surface area contributed by atoms with Crippen molar-refractivity contribution >= 4 is 0 Å². The van der Waals surface area contributed by atoms with E-state index in [1.807, 2.05) is 0 Å². The second-order valence-corrected chi connectivity index (χ2v) is 5.13. The van der Waals surface area contributed by atoms with E-state index in [4.69, 9.17) is 0 Å². The maximum absolute atomic E-state index is 2.50. The zero-order valence-corrected chi connectivity index (χ0v) is 10.8. The van der Waals surface area contributed by atoms with Crippen molar-refractivity contribution in [2.75, 3.05) is 0 Å². The molecule has 1 aliphatic rings. The second kappa shape index (κ2) is 5.52. The smallest absolute Gasteiger partial charge is 0.0162 e. The first kappa shape index (κ1) is 11.7. The van der Waals surface area contributed by atoms with Crippen LogP contribution in [0.3, 0.4) is 0 Å². The van der Waals surface area contributed by atoms with Gasteiger partial charge in [-0.25, -0.2) is 0 Å². The van der Waals surface area contributed by atoms with Gasteiger partial charge in [0.15, 0.2) is 0 Å². The van der Waals surface area contributed by atoms with Crippen molar-refractivity contribution in [2.24, 2.45) is 0 Å². The third-order valence-corrected chi connectivity index (χ3v) is 3.96. The lowest BCUT2D eigenvalue weighted by atomic mass is 9.80. The van der Waals surface area contributed by atoms with Crippen LogP contribution in [-0.2, 0) is 12.8 Å². The van der Waals surface area contributed by atoms with Gasteiger partial charge in [-0.2, -0.15) is 0 Å². The molecule has 1 aromatic carbocycles. The van der Waals surface area contributed by atoms with Gasteiger partial charge < -0.3 is 0 Å². The Morgan fingerprint density at radius 1 is 1.25 bits per heavy atom. The maximum Gasteiger partial charge on any atom is -0.0162 e. The molecule has 0 N–H and O–H groups in total. The molecule has 88 valence electrons. The molecule has 0 amide bonds. The fraction of sp³-hybridized carbons (Fsp3) is 0.625. The number of aryl methyl sites for hydroxylation is 2. The Labute approximate surface area is 100 Å². The molecule has 0 spiro atoms. The van der Waals surface area contributed by atoms with Crippen LogP contribution < -0.4 is 0 Å². The van der Waals surface area contributed by atoms with Gasteiger partial charge in [-0.15, -0.1) is 0 Å². The number of fused-ring (bicyclic) bond motifs is 1. The van der Waals surface area contributed by atoms with E-state index in [-0.39, 0.29) is 0 Å². The predicted molar refractivity (Wildman–Crippen MR) is 71.0 cm³/mol. The van der Waals surface area contributed by atoms with E-state index in [0.717, 1.165) is 5.92 Å². The molecule has 0 saturated heterocycles. The Bertz CT molecular complexity index is 338. The van der Waals surface area contributed by atoms with Gasteiger partial charge >= 0.3 is 0 Å². The molecule has 1 atom stereocenters. The van der Waals surface area contributed by atoms with Crippen molar-refractivity contribution in [3.8, 4) is 0 Å². The van der Waals surface area contributed by atoms with E-state index >= 15 is 0 Å². The fourth-order valence-corrected chi connectivity index (χ4v) is 2.91. The molecule has 1 aromatic rings. The van der Waals surface area contributed by atoms with Crippen LogP contribution in [0.25, 0.3) is 0 Å². The second-order valence-electron chi connectivity index (χ2n) is 5.13. The third kappa shape index (κ3) is 2.48. The number of hydrogen-bond donors (Lipinski definition) is 0. The Morgan fingerprint density at radius 3 is 2.88 bits per heavy atom. The number of unbranched alkanes of at least 4 members (excludes halogenated alkanes) is 1. The van der Waals surface area contributed by atoms with Gasteiger partial charge in [0.1, 0.15) is 0 Å². The predicted octanol–water partition coefficient (Wildman–Crippen LogP) is 4.86. The van der Waals surface area contributed by atoms with Crippen LogP contribution in [0.1, 0.15) is 68.6 Å². The van der Waals surface area contributed by atoms with Crippen LogP contribution in [0.15, 0.2) is 18.2 Å². The SMILES string of the molecule is CCCCc1ccc2c(c1)C(CC)CCC2. The van der Waals surface area contributed by atoms with Crippen molar-refractivity contribution in [3.05, 3.63) is 34.9 Å². The Balaban J connectivity index is 2.20. The molecule has 1 aliphatic carbocycles.